The van der Waals surface area contributed by atoms with E-state index in [1.807, 2.05) is 48.5 Å². The number of ether oxygens (including phenoxy) is 1. The number of methoxy groups -OCH3 is 1. The summed E-state index contributed by atoms with van der Waals surface area (Å²) in [6.45, 7) is 0.362. The first-order valence-electron chi connectivity index (χ1n) is 8.70. The molecular weight excluding hydrogens is 365 g/mol. The molecule has 0 radical (unpaired) electrons. The molecule has 1 heterocycles. The molecule has 0 N–H and O–H groups in total. The first-order valence-corrected chi connectivity index (χ1v) is 8.70. The highest BCUT2D eigenvalue weighted by Gasteiger charge is 2.31. The van der Waals surface area contributed by atoms with E-state index in [2.05, 4.69) is 4.98 Å². The van der Waals surface area contributed by atoms with E-state index in [0.717, 1.165) is 34.5 Å². The fourth-order valence-corrected chi connectivity index (χ4v) is 3.37. The van der Waals surface area contributed by atoms with Gasteiger partial charge in [-0.3, -0.25) is 4.57 Å². The molecule has 1 aromatic heterocycles. The number of imidazole rings is 1. The molecule has 0 aliphatic heterocycles. The Kier molecular flexibility index (Phi) is 4.65. The minimum atomic E-state index is -4.40. The fourth-order valence-electron chi connectivity index (χ4n) is 3.37. The fraction of sp³-hybridized carbons (Fsp3) is 0.136. The molecule has 3 aromatic carbocycles. The van der Waals surface area contributed by atoms with Gasteiger partial charge in [0.15, 0.2) is 0 Å². The van der Waals surface area contributed by atoms with Crippen LogP contribution < -0.4 is 0 Å². The van der Waals surface area contributed by atoms with Crippen LogP contribution in [0.25, 0.3) is 27.8 Å². The van der Waals surface area contributed by atoms with Crippen molar-refractivity contribution in [2.24, 2.45) is 0 Å². The maximum atomic E-state index is 13.0. The third kappa shape index (κ3) is 3.27. The van der Waals surface area contributed by atoms with Gasteiger partial charge in [0, 0.05) is 12.7 Å². The van der Waals surface area contributed by atoms with E-state index in [1.54, 1.807) is 18.0 Å². The molecule has 28 heavy (non-hydrogen) atoms. The summed E-state index contributed by atoms with van der Waals surface area (Å²) >= 11 is 0. The molecule has 4 rings (SSSR count). The van der Waals surface area contributed by atoms with Gasteiger partial charge in [-0.05, 0) is 35.4 Å². The maximum Gasteiger partial charge on any atom is 0.416 e. The lowest BCUT2D eigenvalue weighted by Gasteiger charge is -2.16. The van der Waals surface area contributed by atoms with Gasteiger partial charge in [0.05, 0.1) is 28.9 Å². The number of hydrogen-bond acceptors (Lipinski definition) is 2. The summed E-state index contributed by atoms with van der Waals surface area (Å²) in [5, 5.41) is 0. The third-order valence-electron chi connectivity index (χ3n) is 4.66. The van der Waals surface area contributed by atoms with Crippen molar-refractivity contribution in [3.8, 4) is 16.8 Å². The summed E-state index contributed by atoms with van der Waals surface area (Å²) in [5.74, 6) is 0. The van der Waals surface area contributed by atoms with Crippen LogP contribution >= 0.6 is 0 Å². The molecule has 0 saturated carbocycles. The summed E-state index contributed by atoms with van der Waals surface area (Å²) in [4.78, 5) is 4.19. The SMILES string of the molecule is COCc1c(-c2ccccc2)cccc1-n1cnc2cc(C(F)(F)F)ccc21. The summed E-state index contributed by atoms with van der Waals surface area (Å²) < 4.78 is 46.2. The van der Waals surface area contributed by atoms with Crippen LogP contribution in [-0.4, -0.2) is 16.7 Å². The number of alkyl halides is 3. The molecule has 0 aliphatic rings. The van der Waals surface area contributed by atoms with Gasteiger partial charge in [0.1, 0.15) is 6.33 Å². The summed E-state index contributed by atoms with van der Waals surface area (Å²) in [6.07, 6.45) is -2.85. The van der Waals surface area contributed by atoms with Crippen LogP contribution in [0.5, 0.6) is 0 Å². The van der Waals surface area contributed by atoms with Gasteiger partial charge in [0.25, 0.3) is 0 Å². The van der Waals surface area contributed by atoms with Crippen LogP contribution in [0.3, 0.4) is 0 Å². The Bertz CT molecular complexity index is 1120. The smallest absolute Gasteiger partial charge is 0.380 e. The Morgan fingerprint density at radius 2 is 1.75 bits per heavy atom. The second-order valence-corrected chi connectivity index (χ2v) is 6.42. The third-order valence-corrected chi connectivity index (χ3v) is 4.66. The quantitative estimate of drug-likeness (QED) is 0.442. The van der Waals surface area contributed by atoms with E-state index in [9.17, 15) is 13.2 Å². The monoisotopic (exact) mass is 382 g/mol. The van der Waals surface area contributed by atoms with Crippen molar-refractivity contribution in [1.82, 2.24) is 9.55 Å². The Morgan fingerprint density at radius 3 is 2.46 bits per heavy atom. The van der Waals surface area contributed by atoms with Crippen molar-refractivity contribution >= 4 is 11.0 Å². The summed E-state index contributed by atoms with van der Waals surface area (Å²) in [5.41, 5.74) is 4.01. The van der Waals surface area contributed by atoms with Crippen LogP contribution in [0.4, 0.5) is 13.2 Å². The van der Waals surface area contributed by atoms with Crippen molar-refractivity contribution < 1.29 is 17.9 Å². The lowest BCUT2D eigenvalue weighted by molar-refractivity contribution is -0.137. The molecule has 0 atom stereocenters. The van der Waals surface area contributed by atoms with Crippen molar-refractivity contribution in [3.63, 3.8) is 0 Å². The molecule has 0 unspecified atom stereocenters. The Morgan fingerprint density at radius 1 is 0.964 bits per heavy atom. The van der Waals surface area contributed by atoms with Gasteiger partial charge < -0.3 is 4.74 Å². The lowest BCUT2D eigenvalue weighted by atomic mass is 9.98. The standard InChI is InChI=1S/C22H17F3N2O/c1-28-13-18-17(15-6-3-2-4-7-15)8-5-9-20(18)27-14-26-19-12-16(22(23,24)25)10-11-21(19)27/h2-12,14H,13H2,1H3. The molecule has 3 nitrogen and oxygen atoms in total. The van der Waals surface area contributed by atoms with Gasteiger partial charge in [-0.25, -0.2) is 4.98 Å². The van der Waals surface area contributed by atoms with E-state index in [1.165, 1.54) is 6.07 Å². The first kappa shape index (κ1) is 18.3. The number of aromatic nitrogens is 2. The topological polar surface area (TPSA) is 27.1 Å². The average molecular weight is 382 g/mol. The van der Waals surface area contributed by atoms with E-state index in [0.29, 0.717) is 17.6 Å². The van der Waals surface area contributed by atoms with Crippen molar-refractivity contribution in [3.05, 3.63) is 84.2 Å². The second kappa shape index (κ2) is 7.13. The van der Waals surface area contributed by atoms with Crippen molar-refractivity contribution in [2.75, 3.05) is 7.11 Å². The second-order valence-electron chi connectivity index (χ2n) is 6.42. The predicted molar refractivity (Wildman–Crippen MR) is 102 cm³/mol. The highest BCUT2D eigenvalue weighted by molar-refractivity contribution is 5.80. The minimum absolute atomic E-state index is 0.295. The van der Waals surface area contributed by atoms with Gasteiger partial charge in [-0.15, -0.1) is 0 Å². The van der Waals surface area contributed by atoms with Crippen LogP contribution in [0.2, 0.25) is 0 Å². The highest BCUT2D eigenvalue weighted by atomic mass is 19.4. The normalized spacial score (nSPS) is 11.9. The van der Waals surface area contributed by atoms with Crippen LogP contribution in [0.15, 0.2) is 73.1 Å². The van der Waals surface area contributed by atoms with E-state index in [-0.39, 0.29) is 0 Å². The number of nitrogens with zero attached hydrogens (tertiary/aromatic N) is 2. The minimum Gasteiger partial charge on any atom is -0.380 e. The van der Waals surface area contributed by atoms with E-state index < -0.39 is 11.7 Å². The molecule has 0 spiro atoms. The van der Waals surface area contributed by atoms with E-state index >= 15 is 0 Å². The number of rotatable bonds is 4. The molecular formula is C22H17F3N2O. The molecule has 0 amide bonds. The number of hydrogen-bond donors (Lipinski definition) is 0. The van der Waals surface area contributed by atoms with Crippen molar-refractivity contribution in [1.29, 1.82) is 0 Å². The average Bonchev–Trinajstić information content (AvgIpc) is 3.11. The van der Waals surface area contributed by atoms with E-state index in [4.69, 9.17) is 4.74 Å². The van der Waals surface area contributed by atoms with Gasteiger partial charge in [0.2, 0.25) is 0 Å². The molecule has 0 fully saturated rings. The Labute approximate surface area is 160 Å². The predicted octanol–water partition coefficient (Wildman–Crippen LogP) is 5.86. The zero-order valence-electron chi connectivity index (χ0n) is 15.1. The van der Waals surface area contributed by atoms with Crippen molar-refractivity contribution in [2.45, 2.75) is 12.8 Å². The molecule has 0 bridgehead atoms. The zero-order valence-corrected chi connectivity index (χ0v) is 15.1. The van der Waals surface area contributed by atoms with Crippen LogP contribution in [0, 0.1) is 0 Å². The number of benzene rings is 3. The zero-order chi connectivity index (χ0) is 19.7. The summed E-state index contributed by atoms with van der Waals surface area (Å²) in [7, 11) is 1.62. The van der Waals surface area contributed by atoms with Gasteiger partial charge >= 0.3 is 6.18 Å². The van der Waals surface area contributed by atoms with Crippen LogP contribution in [-0.2, 0) is 17.5 Å². The maximum absolute atomic E-state index is 13.0. The lowest BCUT2D eigenvalue weighted by Crippen LogP contribution is -2.05. The summed E-state index contributed by atoms with van der Waals surface area (Å²) in [6, 6.07) is 19.4. The molecule has 0 saturated heterocycles. The van der Waals surface area contributed by atoms with Crippen LogP contribution in [0.1, 0.15) is 11.1 Å². The van der Waals surface area contributed by atoms with Gasteiger partial charge in [-0.1, -0.05) is 42.5 Å². The van der Waals surface area contributed by atoms with Gasteiger partial charge in [-0.2, -0.15) is 13.2 Å². The molecule has 4 aromatic rings. The largest absolute Gasteiger partial charge is 0.416 e. The number of halogens is 3. The molecule has 6 heteroatoms. The molecule has 142 valence electrons. The molecule has 0 aliphatic carbocycles. The Hall–Kier alpha value is -3.12. The number of fused-ring (bicyclic) bond motifs is 1. The Balaban J connectivity index is 1.90. The first-order chi connectivity index (χ1) is 13.5. The highest BCUT2D eigenvalue weighted by Crippen LogP contribution is 2.34.